The molecule has 2 aromatic carbocycles. The van der Waals surface area contributed by atoms with Gasteiger partial charge in [-0.25, -0.2) is 4.99 Å². The smallest absolute Gasteiger partial charge is 0.300 e. The van der Waals surface area contributed by atoms with Crippen LogP contribution in [0.15, 0.2) is 74.3 Å². The van der Waals surface area contributed by atoms with Gasteiger partial charge in [0.15, 0.2) is 18.2 Å². The number of amidine groups is 1. The summed E-state index contributed by atoms with van der Waals surface area (Å²) in [6.45, 7) is 0. The van der Waals surface area contributed by atoms with E-state index in [9.17, 15) is 14.7 Å². The highest BCUT2D eigenvalue weighted by Gasteiger charge is 2.33. The topological polar surface area (TPSA) is 103 Å². The number of nitrogens with zero attached hydrogens (tertiary/aromatic N) is 4. The Labute approximate surface area is 190 Å². The first-order valence-electron chi connectivity index (χ1n) is 9.08. The van der Waals surface area contributed by atoms with Crippen molar-refractivity contribution in [2.45, 2.75) is 0 Å². The third-order valence-corrected chi connectivity index (χ3v) is 5.79. The molecule has 0 bridgehead atoms. The van der Waals surface area contributed by atoms with Crippen LogP contribution in [0.25, 0.3) is 6.08 Å². The lowest BCUT2D eigenvalue weighted by Crippen LogP contribution is -2.38. The second-order valence-electron chi connectivity index (χ2n) is 6.50. The summed E-state index contributed by atoms with van der Waals surface area (Å²) in [5, 5.41) is 15.5. The Balaban J connectivity index is 1.64. The molecule has 4 rings (SSSR count). The van der Waals surface area contributed by atoms with Crippen LogP contribution in [0.3, 0.4) is 0 Å². The Hall–Kier alpha value is -3.24. The number of carbonyl (C=O) groups is 2. The third kappa shape index (κ3) is 4.44. The number of halogens is 1. The summed E-state index contributed by atoms with van der Waals surface area (Å²) in [5.74, 6) is -1.68. The van der Waals surface area contributed by atoms with Gasteiger partial charge in [0, 0.05) is 4.47 Å². The number of para-hydroxylation sites is 1. The average Bonchev–Trinajstić information content (AvgIpc) is 3.25. The zero-order chi connectivity index (χ0) is 22.0. The van der Waals surface area contributed by atoms with Crippen LogP contribution in [0.4, 0.5) is 5.69 Å². The first-order valence-corrected chi connectivity index (χ1v) is 10.9. The van der Waals surface area contributed by atoms with Crippen molar-refractivity contribution in [1.82, 2.24) is 5.27 Å². The number of thioether (sulfide) groups is 1. The molecule has 0 fully saturated rings. The number of benzene rings is 2. The number of ketones is 1. The van der Waals surface area contributed by atoms with Crippen molar-refractivity contribution in [3.63, 3.8) is 0 Å². The summed E-state index contributed by atoms with van der Waals surface area (Å²) in [6, 6.07) is 16.5. The number of amides is 1. The van der Waals surface area contributed by atoms with Crippen LogP contribution < -0.4 is 14.7 Å². The maximum atomic E-state index is 13.1. The van der Waals surface area contributed by atoms with Crippen molar-refractivity contribution >= 4 is 56.3 Å². The van der Waals surface area contributed by atoms with Gasteiger partial charge in [-0.15, -0.1) is 0 Å². The van der Waals surface area contributed by atoms with Crippen LogP contribution >= 0.6 is 27.7 Å². The number of hydrogen-bond donors (Lipinski definition) is 0. The van der Waals surface area contributed by atoms with E-state index >= 15 is 0 Å². The quantitative estimate of drug-likeness (QED) is 0.304. The molecule has 0 saturated heterocycles. The Morgan fingerprint density at radius 1 is 1.26 bits per heavy atom. The van der Waals surface area contributed by atoms with E-state index in [2.05, 4.69) is 30.7 Å². The van der Waals surface area contributed by atoms with Gasteiger partial charge >= 0.3 is 0 Å². The molecule has 10 heteroatoms. The normalized spacial score (nSPS) is 14.9. The minimum absolute atomic E-state index is 0.107. The number of anilines is 1. The predicted molar refractivity (Wildman–Crippen MR) is 117 cm³/mol. The van der Waals surface area contributed by atoms with Gasteiger partial charge in [0.2, 0.25) is 5.78 Å². The van der Waals surface area contributed by atoms with E-state index in [-0.39, 0.29) is 23.1 Å². The highest BCUT2D eigenvalue weighted by atomic mass is 79.9. The van der Waals surface area contributed by atoms with Gasteiger partial charge in [-0.1, -0.05) is 62.7 Å². The number of aromatic nitrogens is 2. The van der Waals surface area contributed by atoms with Gasteiger partial charge in [0.1, 0.15) is 5.70 Å². The first-order chi connectivity index (χ1) is 14.9. The van der Waals surface area contributed by atoms with Crippen molar-refractivity contribution in [2.75, 3.05) is 10.7 Å². The van der Waals surface area contributed by atoms with Crippen LogP contribution in [0.2, 0.25) is 0 Å². The van der Waals surface area contributed by atoms with Crippen LogP contribution in [0, 0.1) is 0 Å². The van der Waals surface area contributed by atoms with Gasteiger partial charge < -0.3 is 9.63 Å². The summed E-state index contributed by atoms with van der Waals surface area (Å²) in [7, 11) is 1.45. The van der Waals surface area contributed by atoms with Gasteiger partial charge in [-0.2, -0.15) is 0 Å². The molecule has 1 aromatic heterocycles. The Bertz CT molecular complexity index is 1200. The van der Waals surface area contributed by atoms with E-state index in [1.54, 1.807) is 18.2 Å². The highest BCUT2D eigenvalue weighted by molar-refractivity contribution is 9.10. The van der Waals surface area contributed by atoms with Crippen molar-refractivity contribution < 1.29 is 23.9 Å². The molecule has 8 nitrogen and oxygen atoms in total. The third-order valence-electron chi connectivity index (χ3n) is 4.36. The van der Waals surface area contributed by atoms with Gasteiger partial charge in [0.25, 0.3) is 11.6 Å². The van der Waals surface area contributed by atoms with Crippen molar-refractivity contribution in [1.29, 1.82) is 0 Å². The number of aryl methyl sites for hydroxylation is 1. The summed E-state index contributed by atoms with van der Waals surface area (Å²) in [5.41, 5.74) is 1.53. The summed E-state index contributed by atoms with van der Waals surface area (Å²) >= 11 is 4.48. The van der Waals surface area contributed by atoms with Gasteiger partial charge in [0.05, 0.1) is 16.7 Å². The van der Waals surface area contributed by atoms with Crippen LogP contribution in [0.5, 0.6) is 5.95 Å². The molecule has 0 unspecified atom stereocenters. The molecular formula is C21H15BrN4O4S. The standard InChI is InChI=1S/C21H15BrN4O4S/c1-25-18(20(29)30-24-25)17(27)12-31-21-23-16(11-13-6-5-7-14(22)10-13)19(28)26(21)15-8-3-2-4-9-15/h2-11H,12H2,1H3/b16-11+. The molecule has 0 spiro atoms. The molecule has 0 radical (unpaired) electrons. The fourth-order valence-electron chi connectivity index (χ4n) is 2.96. The fourth-order valence-corrected chi connectivity index (χ4v) is 4.25. The Morgan fingerprint density at radius 3 is 2.71 bits per heavy atom. The molecule has 0 aliphatic carbocycles. The van der Waals surface area contributed by atoms with E-state index in [0.717, 1.165) is 26.5 Å². The zero-order valence-electron chi connectivity index (χ0n) is 16.2. The second kappa shape index (κ2) is 8.86. The maximum Gasteiger partial charge on any atom is 0.300 e. The SMILES string of the molecule is C[n+]1noc([O-])c1C(=O)CSC1=N/C(=C/c2cccc(Br)c2)C(=O)N1c1ccccc1. The lowest BCUT2D eigenvalue weighted by Gasteiger charge is -2.17. The molecule has 3 aromatic rings. The number of carbonyl (C=O) groups excluding carboxylic acids is 2. The predicted octanol–water partition coefficient (Wildman–Crippen LogP) is 2.70. The largest absolute Gasteiger partial charge is 0.539 e. The highest BCUT2D eigenvalue weighted by Crippen LogP contribution is 2.30. The summed E-state index contributed by atoms with van der Waals surface area (Å²) < 4.78 is 6.49. The minimum Gasteiger partial charge on any atom is -0.539 e. The molecule has 1 aliphatic rings. The zero-order valence-corrected chi connectivity index (χ0v) is 18.6. The number of aliphatic imine (C=N–C) groups is 1. The van der Waals surface area contributed by atoms with E-state index in [1.807, 2.05) is 42.5 Å². The van der Waals surface area contributed by atoms with Gasteiger partial charge in [-0.05, 0) is 35.9 Å². The first kappa shape index (κ1) is 21.0. The molecule has 0 N–H and O–H groups in total. The van der Waals surface area contributed by atoms with E-state index in [1.165, 1.54) is 11.9 Å². The van der Waals surface area contributed by atoms with Crippen molar-refractivity contribution in [3.05, 3.63) is 76.0 Å². The molecule has 156 valence electrons. The second-order valence-corrected chi connectivity index (χ2v) is 8.36. The van der Waals surface area contributed by atoms with Crippen LogP contribution in [-0.4, -0.2) is 27.9 Å². The molecule has 2 heterocycles. The average molecular weight is 499 g/mol. The number of rotatable bonds is 5. The summed E-state index contributed by atoms with van der Waals surface area (Å²) in [6.07, 6.45) is 1.69. The molecule has 31 heavy (non-hydrogen) atoms. The van der Waals surface area contributed by atoms with E-state index in [4.69, 9.17) is 0 Å². The van der Waals surface area contributed by atoms with Crippen LogP contribution in [0.1, 0.15) is 16.1 Å². The van der Waals surface area contributed by atoms with Crippen molar-refractivity contribution in [2.24, 2.45) is 12.0 Å². The number of hydrogen-bond acceptors (Lipinski definition) is 7. The van der Waals surface area contributed by atoms with E-state index in [0.29, 0.717) is 10.9 Å². The molecule has 0 saturated carbocycles. The van der Waals surface area contributed by atoms with E-state index < -0.39 is 11.7 Å². The maximum absolute atomic E-state index is 13.1. The summed E-state index contributed by atoms with van der Waals surface area (Å²) in [4.78, 5) is 31.6. The molecular weight excluding hydrogens is 484 g/mol. The van der Waals surface area contributed by atoms with Crippen LogP contribution in [-0.2, 0) is 11.8 Å². The molecule has 0 atom stereocenters. The Kier molecular flexibility index (Phi) is 6.01. The fraction of sp³-hybridized carbons (Fsp3) is 0.0952. The minimum atomic E-state index is -0.798. The van der Waals surface area contributed by atoms with Gasteiger partial charge in [-0.3, -0.25) is 14.5 Å². The Morgan fingerprint density at radius 2 is 2.03 bits per heavy atom. The number of Topliss-reactive ketones (excluding diaryl/α,β-unsaturated/α-hetero) is 1. The molecule has 1 aliphatic heterocycles. The monoisotopic (exact) mass is 498 g/mol. The lowest BCUT2D eigenvalue weighted by molar-refractivity contribution is -0.741. The molecule has 1 amide bonds. The lowest BCUT2D eigenvalue weighted by atomic mass is 10.2. The van der Waals surface area contributed by atoms with Crippen molar-refractivity contribution in [3.8, 4) is 5.95 Å².